The van der Waals surface area contributed by atoms with Crippen molar-refractivity contribution in [2.24, 2.45) is 0 Å². The minimum Gasteiger partial charge on any atom is -0.383 e. The van der Waals surface area contributed by atoms with Crippen LogP contribution in [0.5, 0.6) is 0 Å². The summed E-state index contributed by atoms with van der Waals surface area (Å²) in [6.45, 7) is 3.46. The van der Waals surface area contributed by atoms with E-state index in [0.29, 0.717) is 12.6 Å². The summed E-state index contributed by atoms with van der Waals surface area (Å²) in [4.78, 5) is 8.66. The summed E-state index contributed by atoms with van der Waals surface area (Å²) >= 11 is 0. The van der Waals surface area contributed by atoms with Crippen molar-refractivity contribution in [1.82, 2.24) is 9.97 Å². The maximum atomic E-state index is 4.99. The fourth-order valence-electron chi connectivity index (χ4n) is 1.83. The van der Waals surface area contributed by atoms with Crippen molar-refractivity contribution < 1.29 is 4.74 Å². The van der Waals surface area contributed by atoms with Gasteiger partial charge in [-0.3, -0.25) is 0 Å². The molecular formula is C15H20N4O. The van der Waals surface area contributed by atoms with Crippen molar-refractivity contribution in [2.45, 2.75) is 13.0 Å². The topological polar surface area (TPSA) is 59.1 Å². The van der Waals surface area contributed by atoms with Crippen LogP contribution in [0.2, 0.25) is 0 Å². The molecule has 1 aromatic carbocycles. The van der Waals surface area contributed by atoms with Crippen LogP contribution in [-0.2, 0) is 4.74 Å². The number of aromatic nitrogens is 2. The van der Waals surface area contributed by atoms with Crippen molar-refractivity contribution in [3.8, 4) is 0 Å². The number of nitrogens with one attached hydrogen (secondary N) is 2. The highest BCUT2D eigenvalue weighted by Crippen LogP contribution is 2.16. The molecule has 1 heterocycles. The highest BCUT2D eigenvalue weighted by molar-refractivity contribution is 5.40. The second-order valence-electron chi connectivity index (χ2n) is 4.46. The molecule has 106 valence electrons. The summed E-state index contributed by atoms with van der Waals surface area (Å²) in [5.74, 6) is 1.41. The first-order valence-electron chi connectivity index (χ1n) is 6.67. The molecule has 1 unspecified atom stereocenters. The second-order valence-corrected chi connectivity index (χ2v) is 4.46. The fraction of sp³-hybridized carbons (Fsp3) is 0.333. The van der Waals surface area contributed by atoms with E-state index >= 15 is 0 Å². The molecule has 0 aliphatic heterocycles. The number of ether oxygens (including phenoxy) is 1. The number of rotatable bonds is 7. The second kappa shape index (κ2) is 7.45. The van der Waals surface area contributed by atoms with Gasteiger partial charge < -0.3 is 15.4 Å². The smallest absolute Gasteiger partial charge is 0.225 e. The Morgan fingerprint density at radius 1 is 1.20 bits per heavy atom. The van der Waals surface area contributed by atoms with Crippen molar-refractivity contribution in [1.29, 1.82) is 0 Å². The molecule has 5 heteroatoms. The summed E-state index contributed by atoms with van der Waals surface area (Å²) in [6.07, 6.45) is 1.74. The van der Waals surface area contributed by atoms with E-state index < -0.39 is 0 Å². The molecule has 0 amide bonds. The third-order valence-corrected chi connectivity index (χ3v) is 2.91. The summed E-state index contributed by atoms with van der Waals surface area (Å²) in [5, 5.41) is 6.48. The zero-order chi connectivity index (χ0) is 14.2. The minimum absolute atomic E-state index is 0.158. The standard InChI is InChI=1S/C15H20N4O/c1-12(13-6-4-3-5-7-13)18-15-17-9-8-14(19-15)16-10-11-20-2/h3-9,12H,10-11H2,1-2H3,(H2,16,17,18,19). The van der Waals surface area contributed by atoms with Crippen molar-refractivity contribution >= 4 is 11.8 Å². The van der Waals surface area contributed by atoms with E-state index in [4.69, 9.17) is 4.74 Å². The van der Waals surface area contributed by atoms with E-state index in [0.717, 1.165) is 12.4 Å². The molecule has 2 N–H and O–H groups in total. The van der Waals surface area contributed by atoms with Gasteiger partial charge >= 0.3 is 0 Å². The normalized spacial score (nSPS) is 11.9. The summed E-state index contributed by atoms with van der Waals surface area (Å²) in [5.41, 5.74) is 1.20. The number of hydrogen-bond acceptors (Lipinski definition) is 5. The van der Waals surface area contributed by atoms with Crippen LogP contribution in [0.4, 0.5) is 11.8 Å². The Hall–Kier alpha value is -2.14. The Morgan fingerprint density at radius 3 is 2.75 bits per heavy atom. The molecule has 2 aromatic rings. The van der Waals surface area contributed by atoms with E-state index in [9.17, 15) is 0 Å². The lowest BCUT2D eigenvalue weighted by molar-refractivity contribution is 0.210. The van der Waals surface area contributed by atoms with Gasteiger partial charge in [-0.2, -0.15) is 4.98 Å². The van der Waals surface area contributed by atoms with Gasteiger partial charge in [0.15, 0.2) is 0 Å². The maximum Gasteiger partial charge on any atom is 0.225 e. The number of benzene rings is 1. The lowest BCUT2D eigenvalue weighted by atomic mass is 10.1. The van der Waals surface area contributed by atoms with Crippen LogP contribution >= 0.6 is 0 Å². The first kappa shape index (κ1) is 14.3. The number of anilines is 2. The highest BCUT2D eigenvalue weighted by atomic mass is 16.5. The third-order valence-electron chi connectivity index (χ3n) is 2.91. The summed E-state index contributed by atoms with van der Waals surface area (Å²) in [7, 11) is 1.68. The molecule has 0 spiro atoms. The molecule has 0 aliphatic rings. The van der Waals surface area contributed by atoms with Crippen LogP contribution in [0.1, 0.15) is 18.5 Å². The summed E-state index contributed by atoms with van der Waals surface area (Å²) in [6, 6.07) is 12.2. The Labute approximate surface area is 119 Å². The lowest BCUT2D eigenvalue weighted by Crippen LogP contribution is -2.12. The van der Waals surface area contributed by atoms with Gasteiger partial charge in [0, 0.05) is 19.9 Å². The number of hydrogen-bond donors (Lipinski definition) is 2. The number of nitrogens with zero attached hydrogens (tertiary/aromatic N) is 2. The Balaban J connectivity index is 1.97. The molecule has 0 saturated carbocycles. The SMILES string of the molecule is COCCNc1ccnc(NC(C)c2ccccc2)n1. The van der Waals surface area contributed by atoms with Gasteiger partial charge in [0.2, 0.25) is 5.95 Å². The fourth-order valence-corrected chi connectivity index (χ4v) is 1.83. The van der Waals surface area contributed by atoms with Gasteiger partial charge in [-0.1, -0.05) is 30.3 Å². The zero-order valence-corrected chi connectivity index (χ0v) is 11.8. The van der Waals surface area contributed by atoms with Gasteiger partial charge in [0.25, 0.3) is 0 Å². The quantitative estimate of drug-likeness (QED) is 0.759. The molecule has 5 nitrogen and oxygen atoms in total. The first-order valence-corrected chi connectivity index (χ1v) is 6.67. The first-order chi connectivity index (χ1) is 9.79. The monoisotopic (exact) mass is 272 g/mol. The minimum atomic E-state index is 0.158. The summed E-state index contributed by atoms with van der Waals surface area (Å²) < 4.78 is 4.99. The van der Waals surface area contributed by atoms with E-state index in [1.807, 2.05) is 24.3 Å². The van der Waals surface area contributed by atoms with Crippen LogP contribution in [0.3, 0.4) is 0 Å². The highest BCUT2D eigenvalue weighted by Gasteiger charge is 2.06. The molecule has 0 saturated heterocycles. The molecule has 0 bridgehead atoms. The van der Waals surface area contributed by atoms with Crippen LogP contribution in [0, 0.1) is 0 Å². The molecule has 20 heavy (non-hydrogen) atoms. The van der Waals surface area contributed by atoms with Gasteiger partial charge in [0.05, 0.1) is 12.6 Å². The molecule has 2 rings (SSSR count). The molecule has 1 aromatic heterocycles. The maximum absolute atomic E-state index is 4.99. The van der Waals surface area contributed by atoms with E-state index in [1.54, 1.807) is 13.3 Å². The average molecular weight is 272 g/mol. The molecule has 0 radical (unpaired) electrons. The van der Waals surface area contributed by atoms with Crippen LogP contribution in [-0.4, -0.2) is 30.2 Å². The molecule has 1 atom stereocenters. The van der Waals surface area contributed by atoms with Gasteiger partial charge in [-0.15, -0.1) is 0 Å². The van der Waals surface area contributed by atoms with E-state index in [2.05, 4.69) is 39.7 Å². The Bertz CT molecular complexity index is 518. The lowest BCUT2D eigenvalue weighted by Gasteiger charge is -2.14. The van der Waals surface area contributed by atoms with Crippen molar-refractivity contribution in [3.05, 3.63) is 48.2 Å². The van der Waals surface area contributed by atoms with Gasteiger partial charge in [-0.05, 0) is 18.6 Å². The molecule has 0 fully saturated rings. The number of methoxy groups -OCH3 is 1. The predicted molar refractivity (Wildman–Crippen MR) is 80.9 cm³/mol. The predicted octanol–water partition coefficient (Wildman–Crippen LogP) is 2.71. The van der Waals surface area contributed by atoms with Crippen LogP contribution in [0.15, 0.2) is 42.6 Å². The van der Waals surface area contributed by atoms with Crippen LogP contribution in [0.25, 0.3) is 0 Å². The molecule has 0 aliphatic carbocycles. The molecular weight excluding hydrogens is 252 g/mol. The third kappa shape index (κ3) is 4.20. The zero-order valence-electron chi connectivity index (χ0n) is 11.8. The van der Waals surface area contributed by atoms with Crippen molar-refractivity contribution in [2.75, 3.05) is 30.9 Å². The van der Waals surface area contributed by atoms with Crippen LogP contribution < -0.4 is 10.6 Å². The largest absolute Gasteiger partial charge is 0.383 e. The van der Waals surface area contributed by atoms with Gasteiger partial charge in [-0.25, -0.2) is 4.98 Å². The Kier molecular flexibility index (Phi) is 5.32. The Morgan fingerprint density at radius 2 is 2.00 bits per heavy atom. The van der Waals surface area contributed by atoms with E-state index in [1.165, 1.54) is 5.56 Å². The average Bonchev–Trinajstić information content (AvgIpc) is 2.49. The van der Waals surface area contributed by atoms with E-state index in [-0.39, 0.29) is 6.04 Å². The van der Waals surface area contributed by atoms with Crippen molar-refractivity contribution in [3.63, 3.8) is 0 Å². The van der Waals surface area contributed by atoms with Gasteiger partial charge in [0.1, 0.15) is 5.82 Å².